The molecule has 1 aliphatic carbocycles. The highest BCUT2D eigenvalue weighted by atomic mass is 16.3. The predicted molar refractivity (Wildman–Crippen MR) is 71.4 cm³/mol. The molecule has 0 bridgehead atoms. The Hall–Kier alpha value is -1.88. The van der Waals surface area contributed by atoms with Gasteiger partial charge in [-0.25, -0.2) is 0 Å². The van der Waals surface area contributed by atoms with Crippen molar-refractivity contribution in [3.05, 3.63) is 30.1 Å². The minimum absolute atomic E-state index is 0.0582. The Kier molecular flexibility index (Phi) is 4.16. The molecule has 0 radical (unpaired) electrons. The zero-order chi connectivity index (χ0) is 13.7. The maximum Gasteiger partial charge on any atom is 0.244 e. The minimum atomic E-state index is -0.740. The van der Waals surface area contributed by atoms with Gasteiger partial charge in [0.05, 0.1) is 11.8 Å². The van der Waals surface area contributed by atoms with E-state index in [1.165, 1.54) is 18.3 Å². The average molecular weight is 262 g/mol. The monoisotopic (exact) mass is 262 g/mol. The van der Waals surface area contributed by atoms with Crippen molar-refractivity contribution < 1.29 is 15.0 Å². The van der Waals surface area contributed by atoms with Crippen molar-refractivity contribution >= 4 is 12.0 Å². The van der Waals surface area contributed by atoms with Crippen LogP contribution in [0.4, 0.5) is 0 Å². The summed E-state index contributed by atoms with van der Waals surface area (Å²) in [7, 11) is 0. The van der Waals surface area contributed by atoms with Crippen LogP contribution in [-0.4, -0.2) is 33.3 Å². The lowest BCUT2D eigenvalue weighted by Gasteiger charge is -2.21. The van der Waals surface area contributed by atoms with Crippen LogP contribution in [0.3, 0.4) is 0 Å². The summed E-state index contributed by atoms with van der Waals surface area (Å²) in [6.45, 7) is 0.286. The summed E-state index contributed by atoms with van der Waals surface area (Å²) in [6, 6.07) is 1.52. The van der Waals surface area contributed by atoms with Gasteiger partial charge in [0.15, 0.2) is 0 Å². The Morgan fingerprint density at radius 1 is 1.42 bits per heavy atom. The van der Waals surface area contributed by atoms with Gasteiger partial charge in [-0.05, 0) is 30.5 Å². The molecule has 0 atom stereocenters. The molecule has 1 heterocycles. The minimum Gasteiger partial charge on any atom is -0.506 e. The van der Waals surface area contributed by atoms with E-state index in [-0.39, 0.29) is 18.2 Å². The van der Waals surface area contributed by atoms with E-state index >= 15 is 0 Å². The fourth-order valence-electron chi connectivity index (χ4n) is 2.23. The van der Waals surface area contributed by atoms with E-state index in [0.29, 0.717) is 5.56 Å². The van der Waals surface area contributed by atoms with Crippen molar-refractivity contribution in [3.63, 3.8) is 0 Å². The molecule has 2 rings (SSSR count). The van der Waals surface area contributed by atoms with E-state index in [4.69, 9.17) is 0 Å². The molecular weight excluding hydrogens is 244 g/mol. The number of rotatable bonds is 4. The number of aromatic nitrogens is 1. The lowest BCUT2D eigenvalue weighted by atomic mass is 10.0. The number of nitrogens with one attached hydrogen (secondary N) is 1. The fraction of sp³-hybridized carbons (Fsp3) is 0.429. The number of aromatic hydroxyl groups is 1. The first kappa shape index (κ1) is 13.5. The van der Waals surface area contributed by atoms with Crippen LogP contribution >= 0.6 is 0 Å². The average Bonchev–Trinajstić information content (AvgIpc) is 2.82. The molecule has 1 aliphatic rings. The molecule has 0 unspecified atom stereocenters. The van der Waals surface area contributed by atoms with Gasteiger partial charge in [0.2, 0.25) is 5.91 Å². The summed E-state index contributed by atoms with van der Waals surface area (Å²) in [4.78, 5) is 15.4. The first-order chi connectivity index (χ1) is 9.07. The lowest BCUT2D eigenvalue weighted by Crippen LogP contribution is -2.40. The molecule has 19 heavy (non-hydrogen) atoms. The largest absolute Gasteiger partial charge is 0.506 e. The summed E-state index contributed by atoms with van der Waals surface area (Å²) >= 11 is 0. The van der Waals surface area contributed by atoms with Gasteiger partial charge >= 0.3 is 0 Å². The Morgan fingerprint density at radius 3 is 2.84 bits per heavy atom. The van der Waals surface area contributed by atoms with Crippen molar-refractivity contribution in [2.24, 2.45) is 0 Å². The van der Waals surface area contributed by atoms with E-state index in [1.54, 1.807) is 12.3 Å². The molecule has 1 amide bonds. The van der Waals surface area contributed by atoms with E-state index in [1.807, 2.05) is 0 Å². The maximum atomic E-state index is 11.6. The van der Waals surface area contributed by atoms with Crippen molar-refractivity contribution in [1.82, 2.24) is 10.3 Å². The number of carbonyl (C=O) groups excluding carboxylic acids is 1. The molecule has 1 saturated carbocycles. The molecular formula is C14H18N2O3. The second-order valence-corrected chi connectivity index (χ2v) is 4.96. The van der Waals surface area contributed by atoms with Crippen molar-refractivity contribution in [2.75, 3.05) is 6.54 Å². The summed E-state index contributed by atoms with van der Waals surface area (Å²) in [5, 5.41) is 22.0. The highest BCUT2D eigenvalue weighted by molar-refractivity contribution is 5.91. The molecule has 0 aliphatic heterocycles. The van der Waals surface area contributed by atoms with Gasteiger partial charge in [0, 0.05) is 18.8 Å². The number of hydrogen-bond donors (Lipinski definition) is 3. The Morgan fingerprint density at radius 2 is 2.16 bits per heavy atom. The van der Waals surface area contributed by atoms with Crippen molar-refractivity contribution in [1.29, 1.82) is 0 Å². The first-order valence-corrected chi connectivity index (χ1v) is 6.40. The van der Waals surface area contributed by atoms with Gasteiger partial charge in [0.25, 0.3) is 0 Å². The third-order valence-corrected chi connectivity index (χ3v) is 3.30. The number of pyridine rings is 1. The van der Waals surface area contributed by atoms with Crippen LogP contribution in [0.15, 0.2) is 24.5 Å². The van der Waals surface area contributed by atoms with E-state index in [9.17, 15) is 15.0 Å². The number of amides is 1. The Labute approximate surface area is 112 Å². The van der Waals surface area contributed by atoms with E-state index < -0.39 is 5.60 Å². The molecule has 0 spiro atoms. The molecule has 0 saturated heterocycles. The first-order valence-electron chi connectivity index (χ1n) is 6.40. The van der Waals surface area contributed by atoms with E-state index in [0.717, 1.165) is 25.7 Å². The van der Waals surface area contributed by atoms with Crippen LogP contribution in [0.25, 0.3) is 6.08 Å². The van der Waals surface area contributed by atoms with Gasteiger partial charge in [-0.3, -0.25) is 9.78 Å². The Balaban J connectivity index is 1.84. The quantitative estimate of drug-likeness (QED) is 0.713. The summed E-state index contributed by atoms with van der Waals surface area (Å²) < 4.78 is 0. The number of hydrogen-bond acceptors (Lipinski definition) is 4. The molecule has 1 fully saturated rings. The number of aliphatic hydroxyl groups is 1. The van der Waals surface area contributed by atoms with Gasteiger partial charge in [-0.2, -0.15) is 0 Å². The smallest absolute Gasteiger partial charge is 0.244 e. The topological polar surface area (TPSA) is 82.5 Å². The molecule has 0 aromatic carbocycles. The van der Waals surface area contributed by atoms with Gasteiger partial charge in [-0.15, -0.1) is 0 Å². The second kappa shape index (κ2) is 5.84. The summed E-state index contributed by atoms with van der Waals surface area (Å²) in [5.74, 6) is -0.202. The molecule has 1 aromatic rings. The normalized spacial score (nSPS) is 17.7. The second-order valence-electron chi connectivity index (χ2n) is 4.96. The third kappa shape index (κ3) is 4.06. The maximum absolute atomic E-state index is 11.6. The highest BCUT2D eigenvalue weighted by Gasteiger charge is 2.30. The molecule has 102 valence electrons. The number of carbonyl (C=O) groups is 1. The number of nitrogens with zero attached hydrogens (tertiary/aromatic N) is 1. The predicted octanol–water partition coefficient (Wildman–Crippen LogP) is 1.22. The van der Waals surface area contributed by atoms with Crippen molar-refractivity contribution in [3.8, 4) is 5.75 Å². The zero-order valence-electron chi connectivity index (χ0n) is 10.7. The van der Waals surface area contributed by atoms with Crippen LogP contribution in [0.2, 0.25) is 0 Å². The van der Waals surface area contributed by atoms with Gasteiger partial charge in [-0.1, -0.05) is 12.8 Å². The van der Waals surface area contributed by atoms with Crippen molar-refractivity contribution in [2.45, 2.75) is 31.3 Å². The SMILES string of the molecule is O=C(/C=C/c1cncc(O)c1)NCC1(O)CCCC1. The van der Waals surface area contributed by atoms with Crippen LogP contribution in [0.1, 0.15) is 31.2 Å². The van der Waals surface area contributed by atoms with Crippen LogP contribution in [-0.2, 0) is 4.79 Å². The molecule has 1 aromatic heterocycles. The molecule has 5 heteroatoms. The van der Waals surface area contributed by atoms with Crippen LogP contribution in [0.5, 0.6) is 5.75 Å². The summed E-state index contributed by atoms with van der Waals surface area (Å²) in [5.41, 5.74) is -0.0921. The zero-order valence-corrected chi connectivity index (χ0v) is 10.7. The molecule has 5 nitrogen and oxygen atoms in total. The standard InChI is InChI=1S/C14H18N2O3/c17-12-7-11(8-15-9-12)3-4-13(18)16-10-14(19)5-1-2-6-14/h3-4,7-9,17,19H,1-2,5-6,10H2,(H,16,18)/b4-3+. The highest BCUT2D eigenvalue weighted by Crippen LogP contribution is 2.28. The molecule has 3 N–H and O–H groups in total. The summed E-state index contributed by atoms with van der Waals surface area (Å²) in [6.07, 6.45) is 9.33. The fourth-order valence-corrected chi connectivity index (χ4v) is 2.23. The third-order valence-electron chi connectivity index (χ3n) is 3.30. The van der Waals surface area contributed by atoms with Crippen LogP contribution in [0, 0.1) is 0 Å². The van der Waals surface area contributed by atoms with Crippen LogP contribution < -0.4 is 5.32 Å². The van der Waals surface area contributed by atoms with E-state index in [2.05, 4.69) is 10.3 Å². The Bertz CT molecular complexity index is 479. The lowest BCUT2D eigenvalue weighted by molar-refractivity contribution is -0.117. The van der Waals surface area contributed by atoms with Gasteiger partial charge < -0.3 is 15.5 Å². The van der Waals surface area contributed by atoms with Gasteiger partial charge in [0.1, 0.15) is 5.75 Å².